The monoisotopic (exact) mass is 409 g/mol. The van der Waals surface area contributed by atoms with Crippen LogP contribution in [0.1, 0.15) is 52.8 Å². The fourth-order valence-electron chi connectivity index (χ4n) is 3.85. The first-order valence-corrected chi connectivity index (χ1v) is 11.0. The number of hydrogen-bond acceptors (Lipinski definition) is 5. The van der Waals surface area contributed by atoms with Crippen molar-refractivity contribution >= 4 is 29.5 Å². The van der Waals surface area contributed by atoms with E-state index < -0.39 is 17.7 Å². The highest BCUT2D eigenvalue weighted by molar-refractivity contribution is 8.00. The Hall–Kier alpha value is -2.60. The molecule has 0 spiro atoms. The lowest BCUT2D eigenvalue weighted by Crippen LogP contribution is -2.37. The van der Waals surface area contributed by atoms with E-state index in [1.165, 1.54) is 43.9 Å². The number of ether oxygens (including phenoxy) is 1. The van der Waals surface area contributed by atoms with Crippen LogP contribution in [0, 0.1) is 5.92 Å². The molecule has 1 heterocycles. The van der Waals surface area contributed by atoms with Gasteiger partial charge < -0.3 is 4.74 Å². The van der Waals surface area contributed by atoms with Gasteiger partial charge in [-0.1, -0.05) is 37.5 Å². The highest BCUT2D eigenvalue weighted by Gasteiger charge is 2.39. The van der Waals surface area contributed by atoms with Crippen molar-refractivity contribution in [2.75, 3.05) is 12.4 Å². The summed E-state index contributed by atoms with van der Waals surface area (Å²) in [6.45, 7) is 0.724. The highest BCUT2D eigenvalue weighted by atomic mass is 32.2. The summed E-state index contributed by atoms with van der Waals surface area (Å²) in [4.78, 5) is 39.0. The third kappa shape index (κ3) is 4.37. The van der Waals surface area contributed by atoms with Crippen LogP contribution in [0.4, 0.5) is 0 Å². The van der Waals surface area contributed by atoms with Crippen molar-refractivity contribution in [1.29, 1.82) is 0 Å². The van der Waals surface area contributed by atoms with Crippen LogP contribution in [-0.2, 0) is 4.79 Å². The zero-order valence-electron chi connectivity index (χ0n) is 16.1. The molecular weight excluding hydrogens is 386 g/mol. The number of rotatable bonds is 6. The number of carbonyl (C=O) groups is 3. The molecule has 150 valence electrons. The van der Waals surface area contributed by atoms with Crippen LogP contribution < -0.4 is 4.74 Å². The molecule has 0 unspecified atom stereocenters. The van der Waals surface area contributed by atoms with Gasteiger partial charge in [-0.15, -0.1) is 11.8 Å². The predicted octanol–water partition coefficient (Wildman–Crippen LogP) is 4.56. The van der Waals surface area contributed by atoms with E-state index in [0.717, 1.165) is 22.2 Å². The third-order valence-electron chi connectivity index (χ3n) is 5.42. The molecule has 0 N–H and O–H groups in total. The van der Waals surface area contributed by atoms with E-state index in [2.05, 4.69) is 0 Å². The van der Waals surface area contributed by atoms with E-state index in [1.807, 2.05) is 24.3 Å². The van der Waals surface area contributed by atoms with Gasteiger partial charge in [0.2, 0.25) is 5.91 Å². The summed E-state index contributed by atoms with van der Waals surface area (Å²) < 4.78 is 5.95. The van der Waals surface area contributed by atoms with Crippen molar-refractivity contribution in [2.45, 2.75) is 37.0 Å². The highest BCUT2D eigenvalue weighted by Crippen LogP contribution is 2.28. The number of thioether (sulfide) groups is 1. The normalized spacial score (nSPS) is 16.8. The summed E-state index contributed by atoms with van der Waals surface area (Å²) in [7, 11) is 0. The van der Waals surface area contributed by atoms with Gasteiger partial charge in [0.1, 0.15) is 5.75 Å². The fourth-order valence-corrected chi connectivity index (χ4v) is 4.64. The van der Waals surface area contributed by atoms with Crippen LogP contribution in [0.3, 0.4) is 0 Å². The van der Waals surface area contributed by atoms with Crippen LogP contribution in [0.2, 0.25) is 0 Å². The first kappa shape index (κ1) is 19.7. The van der Waals surface area contributed by atoms with E-state index in [0.29, 0.717) is 5.92 Å². The predicted molar refractivity (Wildman–Crippen MR) is 111 cm³/mol. The second kappa shape index (κ2) is 8.82. The molecule has 2 aromatic carbocycles. The zero-order chi connectivity index (χ0) is 20.2. The second-order valence-corrected chi connectivity index (χ2v) is 8.51. The van der Waals surface area contributed by atoms with Crippen molar-refractivity contribution < 1.29 is 19.1 Å². The number of carbonyl (C=O) groups excluding carboxylic acids is 3. The van der Waals surface area contributed by atoms with E-state index in [9.17, 15) is 14.4 Å². The molecule has 5 nitrogen and oxygen atoms in total. The molecule has 0 bridgehead atoms. The maximum atomic E-state index is 12.6. The molecule has 1 saturated carbocycles. The van der Waals surface area contributed by atoms with Gasteiger partial charge in [-0.2, -0.15) is 0 Å². The van der Waals surface area contributed by atoms with E-state index in [-0.39, 0.29) is 16.9 Å². The second-order valence-electron chi connectivity index (χ2n) is 7.46. The molecule has 3 amide bonds. The van der Waals surface area contributed by atoms with E-state index in [4.69, 9.17) is 4.74 Å². The van der Waals surface area contributed by atoms with Gasteiger partial charge in [0.15, 0.2) is 0 Å². The standard InChI is InChI=1S/C23H23NO4S/c25-21(24-22(26)19-11-4-5-12-20(19)23(24)27)15-29-18-10-6-9-17(13-18)28-14-16-7-2-1-3-8-16/h4-6,9-13,16H,1-3,7-8,14-15H2. The Labute approximate surface area is 174 Å². The lowest BCUT2D eigenvalue weighted by Gasteiger charge is -2.21. The molecule has 6 heteroatoms. The van der Waals surface area contributed by atoms with Gasteiger partial charge in [0.05, 0.1) is 23.5 Å². The Kier molecular flexibility index (Phi) is 6.00. The Morgan fingerprint density at radius 2 is 1.66 bits per heavy atom. The first-order chi connectivity index (χ1) is 14.1. The molecule has 0 saturated heterocycles. The first-order valence-electron chi connectivity index (χ1n) is 10.00. The summed E-state index contributed by atoms with van der Waals surface area (Å²) in [5.41, 5.74) is 0.572. The van der Waals surface area contributed by atoms with Crippen LogP contribution in [-0.4, -0.2) is 35.0 Å². The molecule has 1 aliphatic carbocycles. The Morgan fingerprint density at radius 1 is 0.966 bits per heavy atom. The van der Waals surface area contributed by atoms with Crippen LogP contribution in [0.15, 0.2) is 53.4 Å². The molecule has 1 fully saturated rings. The smallest absolute Gasteiger partial charge is 0.268 e. The van der Waals surface area contributed by atoms with E-state index in [1.54, 1.807) is 24.3 Å². The van der Waals surface area contributed by atoms with Crippen molar-refractivity contribution in [2.24, 2.45) is 5.92 Å². The zero-order valence-corrected chi connectivity index (χ0v) is 17.0. The Balaban J connectivity index is 1.34. The summed E-state index contributed by atoms with van der Waals surface area (Å²) in [5, 5.41) is 0. The van der Waals surface area contributed by atoms with Crippen molar-refractivity contribution in [3.63, 3.8) is 0 Å². The van der Waals surface area contributed by atoms with E-state index >= 15 is 0 Å². The topological polar surface area (TPSA) is 63.7 Å². The average Bonchev–Trinajstić information content (AvgIpc) is 3.02. The Morgan fingerprint density at radius 3 is 2.34 bits per heavy atom. The van der Waals surface area contributed by atoms with Crippen molar-refractivity contribution in [3.05, 3.63) is 59.7 Å². The summed E-state index contributed by atoms with van der Waals surface area (Å²) in [6.07, 6.45) is 6.34. The van der Waals surface area contributed by atoms with Gasteiger partial charge in [0, 0.05) is 4.90 Å². The Bertz CT molecular complexity index is 901. The van der Waals surface area contributed by atoms with Gasteiger partial charge in [0.25, 0.3) is 11.8 Å². The molecule has 2 aromatic rings. The quantitative estimate of drug-likeness (QED) is 0.517. The van der Waals surface area contributed by atoms with Crippen LogP contribution >= 0.6 is 11.8 Å². The summed E-state index contributed by atoms with van der Waals surface area (Å²) in [5.74, 6) is -0.169. The molecule has 0 aromatic heterocycles. The average molecular weight is 410 g/mol. The van der Waals surface area contributed by atoms with Crippen LogP contribution in [0.5, 0.6) is 5.75 Å². The summed E-state index contributed by atoms with van der Waals surface area (Å²) in [6, 6.07) is 14.1. The third-order valence-corrected chi connectivity index (χ3v) is 6.40. The minimum Gasteiger partial charge on any atom is -0.493 e. The summed E-state index contributed by atoms with van der Waals surface area (Å²) >= 11 is 1.30. The molecule has 29 heavy (non-hydrogen) atoms. The van der Waals surface area contributed by atoms with Crippen molar-refractivity contribution in [3.8, 4) is 5.75 Å². The number of nitrogens with zero attached hydrogens (tertiary/aromatic N) is 1. The minimum absolute atomic E-state index is 0.0115. The number of fused-ring (bicyclic) bond motifs is 1. The minimum atomic E-state index is -0.541. The van der Waals surface area contributed by atoms with Crippen LogP contribution in [0.25, 0.3) is 0 Å². The largest absolute Gasteiger partial charge is 0.493 e. The van der Waals surface area contributed by atoms with Crippen molar-refractivity contribution in [1.82, 2.24) is 4.90 Å². The number of imide groups is 3. The lowest BCUT2D eigenvalue weighted by molar-refractivity contribution is -0.123. The SMILES string of the molecule is O=C(CSc1cccc(OCC2CCCCC2)c1)N1C(=O)c2ccccc2C1=O. The van der Waals surface area contributed by atoms with Gasteiger partial charge in [-0.3, -0.25) is 14.4 Å². The van der Waals surface area contributed by atoms with Gasteiger partial charge in [-0.05, 0) is 49.1 Å². The molecule has 0 radical (unpaired) electrons. The molecular formula is C23H23NO4S. The molecule has 0 atom stereocenters. The molecule has 4 rings (SSSR count). The molecule has 2 aliphatic rings. The number of hydrogen-bond donors (Lipinski definition) is 0. The maximum absolute atomic E-state index is 12.6. The van der Waals surface area contributed by atoms with Gasteiger partial charge >= 0.3 is 0 Å². The maximum Gasteiger partial charge on any atom is 0.268 e. The molecule has 1 aliphatic heterocycles. The lowest BCUT2D eigenvalue weighted by atomic mass is 9.90. The van der Waals surface area contributed by atoms with Gasteiger partial charge in [-0.25, -0.2) is 4.90 Å². The fraction of sp³-hybridized carbons (Fsp3) is 0.348. The number of amides is 3. The number of benzene rings is 2.